The van der Waals surface area contributed by atoms with Gasteiger partial charge < -0.3 is 14.9 Å². The molecule has 0 aliphatic rings. The van der Waals surface area contributed by atoms with Crippen LogP contribution in [0.5, 0.6) is 5.75 Å². The molecular weight excluding hydrogens is 370 g/mol. The van der Waals surface area contributed by atoms with E-state index in [1.54, 1.807) is 0 Å². The maximum absolute atomic E-state index is 11.3. The SMILES string of the molecule is CCCCN(CCCC)c1cc(N(CCCC)CCCC)c2ccc(C)nc2c1O. The molecule has 4 nitrogen and oxygen atoms in total. The van der Waals surface area contributed by atoms with Crippen molar-refractivity contribution in [3.63, 3.8) is 0 Å². The highest BCUT2D eigenvalue weighted by Gasteiger charge is 2.20. The van der Waals surface area contributed by atoms with Gasteiger partial charge >= 0.3 is 0 Å². The van der Waals surface area contributed by atoms with Gasteiger partial charge in [-0.3, -0.25) is 0 Å². The van der Waals surface area contributed by atoms with Crippen molar-refractivity contribution < 1.29 is 5.11 Å². The van der Waals surface area contributed by atoms with Gasteiger partial charge in [-0.25, -0.2) is 4.98 Å². The van der Waals surface area contributed by atoms with Crippen molar-refractivity contribution >= 4 is 22.3 Å². The van der Waals surface area contributed by atoms with Gasteiger partial charge in [0, 0.05) is 42.9 Å². The van der Waals surface area contributed by atoms with Crippen molar-refractivity contribution in [1.29, 1.82) is 0 Å². The predicted octanol–water partition coefficient (Wildman–Crippen LogP) is 7.06. The Labute approximate surface area is 184 Å². The first-order chi connectivity index (χ1) is 14.6. The number of phenolic OH excluding ortho intramolecular Hbond substituents is 1. The second-order valence-corrected chi connectivity index (χ2v) is 8.50. The summed E-state index contributed by atoms with van der Waals surface area (Å²) in [7, 11) is 0. The summed E-state index contributed by atoms with van der Waals surface area (Å²) in [4.78, 5) is 9.68. The molecule has 2 rings (SSSR count). The smallest absolute Gasteiger partial charge is 0.165 e. The second-order valence-electron chi connectivity index (χ2n) is 8.50. The average Bonchev–Trinajstić information content (AvgIpc) is 2.75. The summed E-state index contributed by atoms with van der Waals surface area (Å²) in [5.41, 5.74) is 3.88. The molecule has 168 valence electrons. The molecule has 1 heterocycles. The number of phenols is 1. The maximum Gasteiger partial charge on any atom is 0.165 e. The molecule has 0 aliphatic heterocycles. The number of nitrogens with zero attached hydrogens (tertiary/aromatic N) is 3. The Morgan fingerprint density at radius 1 is 0.733 bits per heavy atom. The van der Waals surface area contributed by atoms with E-state index in [0.29, 0.717) is 5.75 Å². The van der Waals surface area contributed by atoms with Crippen LogP contribution in [-0.2, 0) is 0 Å². The van der Waals surface area contributed by atoms with Gasteiger partial charge in [0.05, 0.1) is 5.69 Å². The zero-order valence-corrected chi connectivity index (χ0v) is 20.0. The zero-order valence-electron chi connectivity index (χ0n) is 20.0. The molecule has 0 unspecified atom stereocenters. The maximum atomic E-state index is 11.3. The summed E-state index contributed by atoms with van der Waals surface area (Å²) in [5, 5.41) is 12.3. The van der Waals surface area contributed by atoms with Crippen molar-refractivity contribution in [2.75, 3.05) is 36.0 Å². The Kier molecular flexibility index (Phi) is 10.3. The summed E-state index contributed by atoms with van der Waals surface area (Å²) in [6, 6.07) is 6.45. The average molecular weight is 414 g/mol. The molecule has 0 fully saturated rings. The monoisotopic (exact) mass is 413 g/mol. The molecule has 0 amide bonds. The van der Waals surface area contributed by atoms with Crippen molar-refractivity contribution in [3.8, 4) is 5.75 Å². The molecule has 1 aromatic heterocycles. The minimum absolute atomic E-state index is 0.343. The fraction of sp³-hybridized carbons (Fsp3) is 0.654. The van der Waals surface area contributed by atoms with E-state index in [-0.39, 0.29) is 0 Å². The fourth-order valence-corrected chi connectivity index (χ4v) is 3.94. The van der Waals surface area contributed by atoms with E-state index >= 15 is 0 Å². The number of hydrogen-bond donors (Lipinski definition) is 1. The molecule has 2 aromatic rings. The van der Waals surface area contributed by atoms with E-state index in [1.165, 1.54) is 31.4 Å². The standard InChI is InChI=1S/C26H43N3O/c1-6-10-16-28(17-11-7-2)23-20-24(29(18-12-8-3)19-13-9-4)26(30)25-22(23)15-14-21(5)27-25/h14-15,20,30H,6-13,16-19H2,1-5H3. The number of unbranched alkanes of at least 4 members (excludes halogenated alkanes) is 4. The highest BCUT2D eigenvalue weighted by Crippen LogP contribution is 2.41. The van der Waals surface area contributed by atoms with Crippen LogP contribution < -0.4 is 9.80 Å². The van der Waals surface area contributed by atoms with Crippen molar-refractivity contribution in [2.24, 2.45) is 0 Å². The number of benzene rings is 1. The molecule has 0 saturated carbocycles. The Morgan fingerprint density at radius 2 is 1.20 bits per heavy atom. The van der Waals surface area contributed by atoms with Gasteiger partial charge in [0.25, 0.3) is 0 Å². The van der Waals surface area contributed by atoms with Crippen molar-refractivity contribution in [2.45, 2.75) is 86.0 Å². The first-order valence-corrected chi connectivity index (χ1v) is 12.2. The molecule has 4 heteroatoms. The van der Waals surface area contributed by atoms with Gasteiger partial charge in [0.2, 0.25) is 0 Å². The molecule has 0 bridgehead atoms. The van der Waals surface area contributed by atoms with Gasteiger partial charge in [0.15, 0.2) is 5.75 Å². The minimum Gasteiger partial charge on any atom is -0.504 e. The van der Waals surface area contributed by atoms with Gasteiger partial charge in [-0.15, -0.1) is 0 Å². The highest BCUT2D eigenvalue weighted by molar-refractivity contribution is 6.00. The number of hydrogen-bond acceptors (Lipinski definition) is 4. The van der Waals surface area contributed by atoms with E-state index in [0.717, 1.165) is 74.1 Å². The van der Waals surface area contributed by atoms with Crippen LogP contribution in [0.3, 0.4) is 0 Å². The molecule has 1 N–H and O–H groups in total. The van der Waals surface area contributed by atoms with Crippen LogP contribution in [0.1, 0.15) is 84.8 Å². The van der Waals surface area contributed by atoms with Crippen LogP contribution in [-0.4, -0.2) is 36.3 Å². The molecular formula is C26H43N3O. The van der Waals surface area contributed by atoms with E-state index in [9.17, 15) is 5.11 Å². The molecule has 30 heavy (non-hydrogen) atoms. The number of pyridine rings is 1. The number of aromatic hydroxyl groups is 1. The van der Waals surface area contributed by atoms with Crippen LogP contribution in [0.2, 0.25) is 0 Å². The lowest BCUT2D eigenvalue weighted by atomic mass is 10.1. The van der Waals surface area contributed by atoms with Crippen LogP contribution in [0.4, 0.5) is 11.4 Å². The largest absolute Gasteiger partial charge is 0.504 e. The molecule has 0 radical (unpaired) electrons. The Balaban J connectivity index is 2.62. The third-order valence-electron chi connectivity index (χ3n) is 5.86. The Bertz CT molecular complexity index is 758. The van der Waals surface area contributed by atoms with E-state index in [2.05, 4.69) is 55.7 Å². The Hall–Kier alpha value is -1.97. The lowest BCUT2D eigenvalue weighted by Crippen LogP contribution is -2.28. The van der Waals surface area contributed by atoms with Crippen LogP contribution in [0, 0.1) is 6.92 Å². The summed E-state index contributed by atoms with van der Waals surface area (Å²) >= 11 is 0. The van der Waals surface area contributed by atoms with Crippen LogP contribution in [0.25, 0.3) is 10.9 Å². The predicted molar refractivity (Wildman–Crippen MR) is 132 cm³/mol. The lowest BCUT2D eigenvalue weighted by Gasteiger charge is -2.31. The zero-order chi connectivity index (χ0) is 21.9. The minimum atomic E-state index is 0.343. The highest BCUT2D eigenvalue weighted by atomic mass is 16.3. The van der Waals surface area contributed by atoms with E-state index in [4.69, 9.17) is 4.98 Å². The summed E-state index contributed by atoms with van der Waals surface area (Å²) < 4.78 is 0. The Morgan fingerprint density at radius 3 is 1.67 bits per heavy atom. The number of rotatable bonds is 14. The van der Waals surface area contributed by atoms with Crippen molar-refractivity contribution in [3.05, 3.63) is 23.9 Å². The van der Waals surface area contributed by atoms with Gasteiger partial charge in [0.1, 0.15) is 5.52 Å². The fourth-order valence-electron chi connectivity index (χ4n) is 3.94. The number of fused-ring (bicyclic) bond motifs is 1. The molecule has 0 aliphatic carbocycles. The third-order valence-corrected chi connectivity index (χ3v) is 5.86. The van der Waals surface area contributed by atoms with Gasteiger partial charge in [-0.2, -0.15) is 0 Å². The molecule has 0 saturated heterocycles. The second kappa shape index (κ2) is 12.7. The molecule has 0 spiro atoms. The van der Waals surface area contributed by atoms with Gasteiger partial charge in [-0.05, 0) is 50.8 Å². The third kappa shape index (κ3) is 6.26. The summed E-state index contributed by atoms with van der Waals surface area (Å²) in [6.07, 6.45) is 9.29. The van der Waals surface area contributed by atoms with Gasteiger partial charge in [-0.1, -0.05) is 53.4 Å². The first-order valence-electron chi connectivity index (χ1n) is 12.2. The van der Waals surface area contributed by atoms with E-state index < -0.39 is 0 Å². The number of aromatic nitrogens is 1. The summed E-state index contributed by atoms with van der Waals surface area (Å²) in [6.45, 7) is 15.0. The van der Waals surface area contributed by atoms with Crippen LogP contribution in [0.15, 0.2) is 18.2 Å². The topological polar surface area (TPSA) is 39.6 Å². The van der Waals surface area contributed by atoms with Crippen LogP contribution >= 0.6 is 0 Å². The lowest BCUT2D eigenvalue weighted by molar-refractivity contribution is 0.477. The molecule has 1 aromatic carbocycles. The van der Waals surface area contributed by atoms with Crippen molar-refractivity contribution in [1.82, 2.24) is 4.98 Å². The number of anilines is 2. The normalized spacial score (nSPS) is 11.2. The summed E-state index contributed by atoms with van der Waals surface area (Å²) in [5.74, 6) is 0.343. The first kappa shape index (κ1) is 24.3. The quantitative estimate of drug-likeness (QED) is 0.360. The number of aryl methyl sites for hydroxylation is 1. The van der Waals surface area contributed by atoms with E-state index in [1.807, 2.05) is 6.92 Å². The molecule has 0 atom stereocenters.